The van der Waals surface area contributed by atoms with Gasteiger partial charge in [0.25, 0.3) is 6.43 Å². The molecule has 0 aliphatic carbocycles. The average molecular weight is 378 g/mol. The number of hydrogen-bond donors (Lipinski definition) is 0. The van der Waals surface area contributed by atoms with Crippen LogP contribution in [-0.2, 0) is 6.42 Å². The summed E-state index contributed by atoms with van der Waals surface area (Å²) >= 11 is 1.61. The van der Waals surface area contributed by atoms with E-state index in [0.717, 1.165) is 6.20 Å². The molecule has 0 fully saturated rings. The van der Waals surface area contributed by atoms with Crippen molar-refractivity contribution in [3.05, 3.63) is 20.9 Å². The summed E-state index contributed by atoms with van der Waals surface area (Å²) < 4.78 is 65.2. The number of rotatable bonds is 3. The fourth-order valence-corrected chi connectivity index (χ4v) is 1.82. The summed E-state index contributed by atoms with van der Waals surface area (Å²) in [6.07, 6.45) is -7.84. The largest absolute Gasteiger partial charge is 0.574 e. The smallest absolute Gasteiger partial charge is 0.387 e. The van der Waals surface area contributed by atoms with Crippen LogP contribution in [0.25, 0.3) is 0 Å². The third-order valence-electron chi connectivity index (χ3n) is 1.83. The van der Waals surface area contributed by atoms with Gasteiger partial charge in [-0.15, -0.1) is 13.2 Å². The Morgan fingerprint density at radius 2 is 2.06 bits per heavy atom. The molecule has 18 heavy (non-hydrogen) atoms. The number of nitrogens with zero attached hydrogens (tertiary/aromatic N) is 2. The molecule has 0 amide bonds. The number of halogens is 6. The maximum Gasteiger partial charge on any atom is 0.574 e. The van der Waals surface area contributed by atoms with Gasteiger partial charge in [-0.25, -0.2) is 13.8 Å². The van der Waals surface area contributed by atoms with Crippen molar-refractivity contribution < 1.29 is 26.7 Å². The number of pyridine rings is 1. The average Bonchev–Trinajstić information content (AvgIpc) is 2.20. The fourth-order valence-electron chi connectivity index (χ4n) is 1.20. The zero-order valence-electron chi connectivity index (χ0n) is 8.43. The third kappa shape index (κ3) is 3.66. The zero-order valence-corrected chi connectivity index (χ0v) is 10.6. The molecule has 98 valence electrons. The monoisotopic (exact) mass is 378 g/mol. The summed E-state index contributed by atoms with van der Waals surface area (Å²) in [4.78, 5) is 3.19. The van der Waals surface area contributed by atoms with Gasteiger partial charge in [-0.1, -0.05) is 0 Å². The second-order valence-corrected chi connectivity index (χ2v) is 4.15. The number of alkyl halides is 5. The lowest BCUT2D eigenvalue weighted by atomic mass is 10.1. The van der Waals surface area contributed by atoms with Gasteiger partial charge in [0, 0.05) is 9.77 Å². The SMILES string of the molecule is N#CCc1c(I)cnc(OC(F)(F)F)c1C(F)F. The molecule has 0 N–H and O–H groups in total. The van der Waals surface area contributed by atoms with Crippen molar-refractivity contribution in [3.63, 3.8) is 0 Å². The van der Waals surface area contributed by atoms with E-state index in [1.54, 1.807) is 28.7 Å². The summed E-state index contributed by atoms with van der Waals surface area (Å²) in [5.41, 5.74) is -1.21. The van der Waals surface area contributed by atoms with E-state index in [9.17, 15) is 22.0 Å². The minimum Gasteiger partial charge on any atom is -0.387 e. The highest BCUT2D eigenvalue weighted by molar-refractivity contribution is 14.1. The zero-order chi connectivity index (χ0) is 13.9. The maximum atomic E-state index is 12.8. The Kier molecular flexibility index (Phi) is 4.66. The van der Waals surface area contributed by atoms with Crippen LogP contribution < -0.4 is 4.74 Å². The van der Waals surface area contributed by atoms with Crippen molar-refractivity contribution >= 4 is 22.6 Å². The molecule has 0 saturated carbocycles. The predicted octanol–water partition coefficient (Wildman–Crippen LogP) is 3.59. The highest BCUT2D eigenvalue weighted by Gasteiger charge is 2.35. The van der Waals surface area contributed by atoms with E-state index in [4.69, 9.17) is 5.26 Å². The molecule has 0 aromatic carbocycles. The molecule has 0 radical (unpaired) electrons. The summed E-state index contributed by atoms with van der Waals surface area (Å²) in [5, 5.41) is 8.49. The van der Waals surface area contributed by atoms with Crippen molar-refractivity contribution in [1.29, 1.82) is 5.26 Å². The Hall–Kier alpha value is -1.18. The van der Waals surface area contributed by atoms with Crippen LogP contribution in [0.4, 0.5) is 22.0 Å². The van der Waals surface area contributed by atoms with E-state index in [0.29, 0.717) is 0 Å². The van der Waals surface area contributed by atoms with Crippen LogP contribution in [0.5, 0.6) is 5.88 Å². The minimum absolute atomic E-state index is 0.180. The van der Waals surface area contributed by atoms with Gasteiger partial charge in [-0.05, 0) is 28.2 Å². The van der Waals surface area contributed by atoms with E-state index in [2.05, 4.69) is 9.72 Å². The first-order valence-electron chi connectivity index (χ1n) is 4.34. The van der Waals surface area contributed by atoms with Crippen LogP contribution in [0.3, 0.4) is 0 Å². The van der Waals surface area contributed by atoms with Crippen LogP contribution in [0, 0.1) is 14.9 Å². The molecule has 1 rings (SSSR count). The highest BCUT2D eigenvalue weighted by Crippen LogP contribution is 2.35. The van der Waals surface area contributed by atoms with Gasteiger partial charge in [0.1, 0.15) is 0 Å². The molecule has 0 saturated heterocycles. The van der Waals surface area contributed by atoms with Crippen molar-refractivity contribution in [2.45, 2.75) is 19.2 Å². The molecule has 0 unspecified atom stereocenters. The lowest BCUT2D eigenvalue weighted by Crippen LogP contribution is -2.20. The van der Waals surface area contributed by atoms with Crippen LogP contribution in [0.1, 0.15) is 17.6 Å². The quantitative estimate of drug-likeness (QED) is 0.597. The van der Waals surface area contributed by atoms with Crippen molar-refractivity contribution in [3.8, 4) is 11.9 Å². The normalized spacial score (nSPS) is 11.4. The number of aromatic nitrogens is 1. The van der Waals surface area contributed by atoms with Crippen molar-refractivity contribution in [2.75, 3.05) is 0 Å². The Morgan fingerprint density at radius 1 is 1.44 bits per heavy atom. The first kappa shape index (κ1) is 14.9. The minimum atomic E-state index is -5.12. The predicted molar refractivity (Wildman–Crippen MR) is 57.9 cm³/mol. The third-order valence-corrected chi connectivity index (χ3v) is 2.76. The van der Waals surface area contributed by atoms with E-state index < -0.39 is 30.7 Å². The maximum absolute atomic E-state index is 12.8. The number of ether oxygens (including phenoxy) is 1. The van der Waals surface area contributed by atoms with Crippen LogP contribution in [0.2, 0.25) is 0 Å². The lowest BCUT2D eigenvalue weighted by molar-refractivity contribution is -0.276. The molecular formula is C9H4F5IN2O. The second-order valence-electron chi connectivity index (χ2n) is 2.99. The molecule has 0 aliphatic rings. The van der Waals surface area contributed by atoms with Crippen LogP contribution in [-0.4, -0.2) is 11.3 Å². The van der Waals surface area contributed by atoms with Crippen molar-refractivity contribution in [2.24, 2.45) is 0 Å². The molecular weight excluding hydrogens is 374 g/mol. The molecule has 9 heteroatoms. The fraction of sp³-hybridized carbons (Fsp3) is 0.333. The summed E-state index contributed by atoms with van der Waals surface area (Å²) in [6, 6.07) is 1.61. The molecule has 1 aromatic rings. The number of nitriles is 1. The van der Waals surface area contributed by atoms with Gasteiger partial charge in [-0.3, -0.25) is 0 Å². The van der Waals surface area contributed by atoms with Gasteiger partial charge < -0.3 is 4.74 Å². The summed E-state index contributed by atoms with van der Waals surface area (Å²) in [5.74, 6) is -1.22. The van der Waals surface area contributed by atoms with Gasteiger partial charge in [-0.2, -0.15) is 5.26 Å². The van der Waals surface area contributed by atoms with Gasteiger partial charge in [0.2, 0.25) is 5.88 Å². The Morgan fingerprint density at radius 3 is 2.50 bits per heavy atom. The van der Waals surface area contributed by atoms with Gasteiger partial charge >= 0.3 is 6.36 Å². The molecule has 0 spiro atoms. The van der Waals surface area contributed by atoms with E-state index in [1.807, 2.05) is 0 Å². The molecule has 1 heterocycles. The topological polar surface area (TPSA) is 45.9 Å². The summed E-state index contributed by atoms with van der Waals surface area (Å²) in [6.45, 7) is 0. The second kappa shape index (κ2) is 5.64. The highest BCUT2D eigenvalue weighted by atomic mass is 127. The number of hydrogen-bond acceptors (Lipinski definition) is 3. The van der Waals surface area contributed by atoms with Gasteiger partial charge in [0.05, 0.1) is 18.1 Å². The van der Waals surface area contributed by atoms with E-state index >= 15 is 0 Å². The van der Waals surface area contributed by atoms with Crippen LogP contribution >= 0.6 is 22.6 Å². The van der Waals surface area contributed by atoms with Crippen molar-refractivity contribution in [1.82, 2.24) is 4.98 Å². The van der Waals surface area contributed by atoms with E-state index in [1.165, 1.54) is 0 Å². The Bertz CT molecular complexity index is 483. The molecule has 1 aromatic heterocycles. The standard InChI is InChI=1S/C9H4F5IN2O/c10-7(11)6-4(1-2-16)5(15)3-17-8(6)18-9(12,13)14/h3,7H,1H2. The van der Waals surface area contributed by atoms with Crippen LogP contribution in [0.15, 0.2) is 6.20 Å². The Labute approximate surface area is 112 Å². The first-order valence-corrected chi connectivity index (χ1v) is 5.42. The molecule has 0 bridgehead atoms. The molecule has 0 aliphatic heterocycles. The molecule has 3 nitrogen and oxygen atoms in total. The summed E-state index contributed by atoms with van der Waals surface area (Å²) in [7, 11) is 0. The lowest BCUT2D eigenvalue weighted by Gasteiger charge is -2.15. The van der Waals surface area contributed by atoms with Gasteiger partial charge in [0.15, 0.2) is 0 Å². The first-order chi connectivity index (χ1) is 8.26. The Balaban J connectivity index is 3.35. The molecule has 0 atom stereocenters. The van der Waals surface area contributed by atoms with E-state index in [-0.39, 0.29) is 9.13 Å².